The van der Waals surface area contributed by atoms with Crippen LogP contribution in [0.1, 0.15) is 38.3 Å². The molecule has 2 heterocycles. The van der Waals surface area contributed by atoms with Crippen LogP contribution in [0.2, 0.25) is 0 Å². The van der Waals surface area contributed by atoms with Crippen molar-refractivity contribution in [2.45, 2.75) is 39.3 Å². The molecular weight excluding hydrogens is 380 g/mol. The molecule has 2 aromatic carbocycles. The van der Waals surface area contributed by atoms with Crippen molar-refractivity contribution in [2.75, 3.05) is 32.0 Å². The van der Waals surface area contributed by atoms with Gasteiger partial charge in [0.2, 0.25) is 0 Å². The van der Waals surface area contributed by atoms with E-state index in [1.807, 2.05) is 54.8 Å². The van der Waals surface area contributed by atoms with E-state index in [4.69, 9.17) is 15.2 Å². The summed E-state index contributed by atoms with van der Waals surface area (Å²) < 4.78 is 13.3. The van der Waals surface area contributed by atoms with E-state index in [9.17, 15) is 4.79 Å². The molecule has 160 valence electrons. The van der Waals surface area contributed by atoms with E-state index >= 15 is 0 Å². The second kappa shape index (κ2) is 8.83. The molecule has 1 fully saturated rings. The lowest BCUT2D eigenvalue weighted by atomic mass is 10.0. The van der Waals surface area contributed by atoms with E-state index in [-0.39, 0.29) is 11.7 Å². The second-order valence-corrected chi connectivity index (χ2v) is 7.70. The van der Waals surface area contributed by atoms with Gasteiger partial charge in [-0.25, -0.2) is 4.79 Å². The Labute approximate surface area is 176 Å². The molecule has 3 N–H and O–H groups in total. The Hall–Kier alpha value is -2.93. The van der Waals surface area contributed by atoms with Gasteiger partial charge in [0, 0.05) is 25.7 Å². The number of likely N-dealkylation sites (tertiary alicyclic amines) is 1. The minimum Gasteiger partial charge on any atom is -0.492 e. The van der Waals surface area contributed by atoms with Gasteiger partial charge in [0.05, 0.1) is 24.2 Å². The number of nitrogen functional groups attached to an aromatic ring is 1. The van der Waals surface area contributed by atoms with Gasteiger partial charge >= 0.3 is 5.69 Å². The molecule has 0 bridgehead atoms. The molecule has 0 unspecified atom stereocenters. The van der Waals surface area contributed by atoms with Gasteiger partial charge < -0.3 is 20.2 Å². The number of nitrogens with zero attached hydrogens (tertiary/aromatic N) is 2. The van der Waals surface area contributed by atoms with Crippen LogP contribution in [0.5, 0.6) is 11.5 Å². The predicted octanol–water partition coefficient (Wildman–Crippen LogP) is 3.55. The summed E-state index contributed by atoms with van der Waals surface area (Å²) >= 11 is 0. The van der Waals surface area contributed by atoms with Crippen molar-refractivity contribution < 1.29 is 9.47 Å². The van der Waals surface area contributed by atoms with Gasteiger partial charge in [-0.3, -0.25) is 9.47 Å². The highest BCUT2D eigenvalue weighted by molar-refractivity contribution is 5.75. The summed E-state index contributed by atoms with van der Waals surface area (Å²) in [5.74, 6) is 1.36. The zero-order valence-corrected chi connectivity index (χ0v) is 17.7. The van der Waals surface area contributed by atoms with Crippen molar-refractivity contribution in [3.8, 4) is 11.5 Å². The number of hydrogen-bond donors (Lipinski definition) is 2. The Morgan fingerprint density at radius 3 is 2.33 bits per heavy atom. The van der Waals surface area contributed by atoms with E-state index in [1.54, 1.807) is 0 Å². The summed E-state index contributed by atoms with van der Waals surface area (Å²) in [6, 6.07) is 12.1. The average molecular weight is 411 g/mol. The van der Waals surface area contributed by atoms with Crippen molar-refractivity contribution in [3.63, 3.8) is 0 Å². The maximum atomic E-state index is 12.5. The highest BCUT2D eigenvalue weighted by atomic mass is 16.5. The fourth-order valence-electron chi connectivity index (χ4n) is 4.33. The van der Waals surface area contributed by atoms with Crippen LogP contribution in [0, 0.1) is 0 Å². The maximum absolute atomic E-state index is 12.5. The van der Waals surface area contributed by atoms with Crippen molar-refractivity contribution in [2.24, 2.45) is 0 Å². The topological polar surface area (TPSA) is 85.5 Å². The van der Waals surface area contributed by atoms with Gasteiger partial charge in [-0.15, -0.1) is 0 Å². The molecule has 7 heteroatoms. The van der Waals surface area contributed by atoms with Crippen LogP contribution in [-0.2, 0) is 6.54 Å². The Bertz CT molecular complexity index is 1040. The van der Waals surface area contributed by atoms with Crippen LogP contribution in [0.15, 0.2) is 41.2 Å². The number of imidazole rings is 1. The number of aromatic nitrogens is 2. The van der Waals surface area contributed by atoms with Gasteiger partial charge in [-0.1, -0.05) is 12.1 Å². The average Bonchev–Trinajstić information content (AvgIpc) is 3.08. The molecule has 1 aliphatic rings. The molecule has 0 amide bonds. The molecule has 7 nitrogen and oxygen atoms in total. The zero-order valence-electron chi connectivity index (χ0n) is 17.7. The summed E-state index contributed by atoms with van der Waals surface area (Å²) in [6.45, 7) is 7.67. The molecule has 0 atom stereocenters. The van der Waals surface area contributed by atoms with Crippen LogP contribution < -0.4 is 20.9 Å². The van der Waals surface area contributed by atoms with Crippen LogP contribution in [-0.4, -0.2) is 40.8 Å². The SMILES string of the molecule is CCOc1cc(CN2CCC(n3c(=O)[nH]c4ccccc43)CC2)cc(OCC)c1N. The van der Waals surface area contributed by atoms with Crippen LogP contribution in [0.25, 0.3) is 11.0 Å². The summed E-state index contributed by atoms with van der Waals surface area (Å²) in [7, 11) is 0. The third-order valence-corrected chi connectivity index (χ3v) is 5.72. The second-order valence-electron chi connectivity index (χ2n) is 7.70. The van der Waals surface area contributed by atoms with Crippen LogP contribution in [0.4, 0.5) is 5.69 Å². The first kappa shape index (κ1) is 20.3. The molecule has 0 saturated carbocycles. The minimum atomic E-state index is -0.0177. The highest BCUT2D eigenvalue weighted by Gasteiger charge is 2.24. The van der Waals surface area contributed by atoms with Crippen molar-refractivity contribution in [1.29, 1.82) is 0 Å². The molecule has 3 aromatic rings. The molecule has 4 rings (SSSR count). The lowest BCUT2D eigenvalue weighted by Crippen LogP contribution is -2.36. The standard InChI is InChI=1S/C23H30N4O3/c1-3-29-20-13-16(14-21(22(20)24)30-4-2)15-26-11-9-17(10-12-26)27-19-8-6-5-7-18(19)25-23(27)28/h5-8,13-14,17H,3-4,9-12,15,24H2,1-2H3,(H,25,28). The Morgan fingerprint density at radius 1 is 1.07 bits per heavy atom. The first-order valence-corrected chi connectivity index (χ1v) is 10.7. The number of benzene rings is 2. The highest BCUT2D eigenvalue weighted by Crippen LogP contribution is 2.35. The van der Waals surface area contributed by atoms with Crippen LogP contribution in [0.3, 0.4) is 0 Å². The largest absolute Gasteiger partial charge is 0.492 e. The lowest BCUT2D eigenvalue weighted by molar-refractivity contribution is 0.179. The van der Waals surface area contributed by atoms with Gasteiger partial charge in [-0.2, -0.15) is 0 Å². The summed E-state index contributed by atoms with van der Waals surface area (Å²) in [6.07, 6.45) is 1.88. The normalized spacial score (nSPS) is 15.5. The Morgan fingerprint density at radius 2 is 1.70 bits per heavy atom. The quantitative estimate of drug-likeness (QED) is 0.582. The number of aromatic amines is 1. The number of anilines is 1. The number of rotatable bonds is 7. The van der Waals surface area contributed by atoms with E-state index in [0.717, 1.165) is 49.1 Å². The van der Waals surface area contributed by atoms with Crippen molar-refractivity contribution in [1.82, 2.24) is 14.5 Å². The maximum Gasteiger partial charge on any atom is 0.326 e. The fraction of sp³-hybridized carbons (Fsp3) is 0.435. The molecule has 0 aliphatic carbocycles. The first-order chi connectivity index (χ1) is 14.6. The molecule has 1 aromatic heterocycles. The number of H-pyrrole nitrogens is 1. The minimum absolute atomic E-state index is 0.0177. The third-order valence-electron chi connectivity index (χ3n) is 5.72. The number of nitrogens with two attached hydrogens (primary N) is 1. The first-order valence-electron chi connectivity index (χ1n) is 10.7. The molecule has 0 radical (unpaired) electrons. The summed E-state index contributed by atoms with van der Waals surface area (Å²) in [5, 5.41) is 0. The smallest absolute Gasteiger partial charge is 0.326 e. The van der Waals surface area contributed by atoms with Gasteiger partial charge in [0.15, 0.2) is 0 Å². The monoisotopic (exact) mass is 410 g/mol. The zero-order chi connectivity index (χ0) is 21.1. The number of ether oxygens (including phenoxy) is 2. The third kappa shape index (κ3) is 4.03. The fourth-order valence-corrected chi connectivity index (χ4v) is 4.33. The van der Waals surface area contributed by atoms with Gasteiger partial charge in [0.1, 0.15) is 17.2 Å². The van der Waals surface area contributed by atoms with Crippen molar-refractivity contribution in [3.05, 3.63) is 52.4 Å². The molecule has 30 heavy (non-hydrogen) atoms. The predicted molar refractivity (Wildman–Crippen MR) is 119 cm³/mol. The van der Waals surface area contributed by atoms with E-state index in [0.29, 0.717) is 30.4 Å². The van der Waals surface area contributed by atoms with Gasteiger partial charge in [-0.05, 0) is 56.5 Å². The Balaban J connectivity index is 1.47. The van der Waals surface area contributed by atoms with Gasteiger partial charge in [0.25, 0.3) is 0 Å². The van der Waals surface area contributed by atoms with E-state index in [2.05, 4.69) is 9.88 Å². The summed E-state index contributed by atoms with van der Waals surface area (Å²) in [4.78, 5) is 17.9. The summed E-state index contributed by atoms with van der Waals surface area (Å²) in [5.41, 5.74) is 9.74. The molecule has 1 saturated heterocycles. The number of nitrogens with one attached hydrogen (secondary N) is 1. The van der Waals surface area contributed by atoms with E-state index in [1.165, 1.54) is 0 Å². The van der Waals surface area contributed by atoms with E-state index < -0.39 is 0 Å². The Kier molecular flexibility index (Phi) is 5.99. The van der Waals surface area contributed by atoms with Crippen LogP contribution >= 0.6 is 0 Å². The molecule has 1 aliphatic heterocycles. The number of piperidine rings is 1. The number of hydrogen-bond acceptors (Lipinski definition) is 5. The number of fused-ring (bicyclic) bond motifs is 1. The van der Waals surface area contributed by atoms with Crippen molar-refractivity contribution >= 4 is 16.7 Å². The lowest BCUT2D eigenvalue weighted by Gasteiger charge is -2.32. The molecule has 0 spiro atoms. The number of para-hydroxylation sites is 2. The molecular formula is C23H30N4O3.